The van der Waals surface area contributed by atoms with Crippen LogP contribution in [0.15, 0.2) is 46.1 Å². The molecule has 5 atom stereocenters. The molecule has 0 saturated carbocycles. The molecule has 13 heteroatoms. The first-order chi connectivity index (χ1) is 16.0. The van der Waals surface area contributed by atoms with Crippen molar-refractivity contribution in [2.24, 2.45) is 0 Å². The van der Waals surface area contributed by atoms with Crippen molar-refractivity contribution in [3.05, 3.63) is 68.5 Å². The van der Waals surface area contributed by atoms with Crippen LogP contribution in [0, 0.1) is 0 Å². The lowest BCUT2D eigenvalue weighted by molar-refractivity contribution is -0.0732. The molecular weight excluding hydrogens is 474 g/mol. The molecule has 0 spiro atoms. The molecule has 2 aliphatic heterocycles. The minimum atomic E-state index is -4.26. The van der Waals surface area contributed by atoms with Gasteiger partial charge < -0.3 is 9.47 Å². The maximum Gasteiger partial charge on any atom is 0.475 e. The van der Waals surface area contributed by atoms with Crippen molar-refractivity contribution in [2.75, 3.05) is 6.61 Å². The van der Waals surface area contributed by atoms with Crippen LogP contribution in [0.25, 0.3) is 0 Å². The van der Waals surface area contributed by atoms with Crippen LogP contribution in [0.4, 0.5) is 4.39 Å². The van der Waals surface area contributed by atoms with E-state index in [0.29, 0.717) is 5.56 Å². The van der Waals surface area contributed by atoms with Gasteiger partial charge in [-0.2, -0.15) is 0 Å². The Bertz CT molecular complexity index is 1240. The number of rotatable bonds is 6. The number of halogens is 1. The average molecular weight is 498 g/mol. The SMILES string of the molecule is CC(C)OC(=O)c1ccccc1COP1(=O)OC[C@H]2O[C@@H](n3ccc(=O)[nH]c3=O)[C@](C)(F)[C@@H]2O1. The highest BCUT2D eigenvalue weighted by atomic mass is 31.2. The standard InChI is InChI=1S/C21H24FN2O9P/c1-12(2)31-18(26)14-7-5-4-6-13(14)10-29-34(28)30-11-15-17(33-34)21(3,22)19(32-15)24-9-8-16(25)23-20(24)27/h4-9,12,15,17,19H,10-11H2,1-3H3,(H,23,25,27)/t15-,17-,19-,21-,34?/m1/s1. The second kappa shape index (κ2) is 9.20. The van der Waals surface area contributed by atoms with E-state index in [2.05, 4.69) is 0 Å². The summed E-state index contributed by atoms with van der Waals surface area (Å²) in [6.07, 6.45) is -3.08. The van der Waals surface area contributed by atoms with Crippen LogP contribution in [-0.4, -0.2) is 46.1 Å². The molecule has 1 unspecified atom stereocenters. The maximum absolute atomic E-state index is 15.8. The van der Waals surface area contributed by atoms with Gasteiger partial charge in [-0.25, -0.2) is 18.5 Å². The fraction of sp³-hybridized carbons (Fsp3) is 0.476. The summed E-state index contributed by atoms with van der Waals surface area (Å²) in [6, 6.07) is 7.48. The van der Waals surface area contributed by atoms with E-state index in [1.165, 1.54) is 6.07 Å². The number of nitrogens with one attached hydrogen (secondary N) is 1. The summed E-state index contributed by atoms with van der Waals surface area (Å²) in [6.45, 7) is 3.90. The number of hydrogen-bond donors (Lipinski definition) is 1. The molecule has 0 amide bonds. The second-order valence-corrected chi connectivity index (χ2v) is 9.97. The highest BCUT2D eigenvalue weighted by molar-refractivity contribution is 7.48. The molecule has 34 heavy (non-hydrogen) atoms. The lowest BCUT2D eigenvalue weighted by atomic mass is 9.98. The van der Waals surface area contributed by atoms with Gasteiger partial charge in [-0.1, -0.05) is 18.2 Å². The van der Waals surface area contributed by atoms with E-state index in [1.54, 1.807) is 32.0 Å². The smallest absolute Gasteiger partial charge is 0.459 e. The van der Waals surface area contributed by atoms with Crippen molar-refractivity contribution < 1.29 is 36.8 Å². The topological polar surface area (TPSA) is 135 Å². The molecule has 4 rings (SSSR count). The molecule has 2 aliphatic rings. The van der Waals surface area contributed by atoms with Gasteiger partial charge in [0.25, 0.3) is 5.56 Å². The highest BCUT2D eigenvalue weighted by Crippen LogP contribution is 2.59. The first-order valence-corrected chi connectivity index (χ1v) is 12.0. The zero-order valence-electron chi connectivity index (χ0n) is 18.6. The van der Waals surface area contributed by atoms with Crippen molar-refractivity contribution in [2.45, 2.75) is 57.6 Å². The molecule has 1 aromatic carbocycles. The first kappa shape index (κ1) is 24.5. The summed E-state index contributed by atoms with van der Waals surface area (Å²) in [5.41, 5.74) is -3.25. The molecule has 0 radical (unpaired) electrons. The van der Waals surface area contributed by atoms with Crippen molar-refractivity contribution in [1.29, 1.82) is 0 Å². The Labute approximate surface area is 193 Å². The Hall–Kier alpha value is -2.63. The van der Waals surface area contributed by atoms with Crippen LogP contribution in [0.3, 0.4) is 0 Å². The number of aromatic nitrogens is 2. The van der Waals surface area contributed by atoms with Gasteiger partial charge >= 0.3 is 19.5 Å². The summed E-state index contributed by atoms with van der Waals surface area (Å²) >= 11 is 0. The third kappa shape index (κ3) is 4.77. The van der Waals surface area contributed by atoms with Gasteiger partial charge in [-0.05, 0) is 32.4 Å². The second-order valence-electron chi connectivity index (χ2n) is 8.35. The van der Waals surface area contributed by atoms with E-state index in [-0.39, 0.29) is 24.9 Å². The Balaban J connectivity index is 1.50. The zero-order valence-corrected chi connectivity index (χ0v) is 19.5. The molecular formula is C21H24FN2O9P. The average Bonchev–Trinajstić information content (AvgIpc) is 3.02. The number of ether oxygens (including phenoxy) is 2. The summed E-state index contributed by atoms with van der Waals surface area (Å²) < 4.78 is 56.7. The lowest BCUT2D eigenvalue weighted by Crippen LogP contribution is -2.46. The molecule has 2 fully saturated rings. The highest BCUT2D eigenvalue weighted by Gasteiger charge is 2.61. The molecule has 11 nitrogen and oxygen atoms in total. The monoisotopic (exact) mass is 498 g/mol. The number of carbonyl (C=O) groups excluding carboxylic acids is 1. The van der Waals surface area contributed by atoms with Gasteiger partial charge in [-0.15, -0.1) is 0 Å². The Kier molecular flexibility index (Phi) is 6.63. The lowest BCUT2D eigenvalue weighted by Gasteiger charge is -2.33. The molecule has 0 bridgehead atoms. The van der Waals surface area contributed by atoms with Crippen molar-refractivity contribution in [1.82, 2.24) is 9.55 Å². The largest absolute Gasteiger partial charge is 0.475 e. The van der Waals surface area contributed by atoms with Gasteiger partial charge in [0.15, 0.2) is 11.9 Å². The quantitative estimate of drug-likeness (QED) is 0.471. The normalized spacial score (nSPS) is 30.8. The fourth-order valence-corrected chi connectivity index (χ4v) is 5.24. The minimum absolute atomic E-state index is 0.217. The third-order valence-corrected chi connectivity index (χ3v) is 6.78. The van der Waals surface area contributed by atoms with Crippen LogP contribution in [0.1, 0.15) is 42.9 Å². The summed E-state index contributed by atoms with van der Waals surface area (Å²) in [4.78, 5) is 37.8. The number of fused-ring (bicyclic) bond motifs is 1. The van der Waals surface area contributed by atoms with E-state index in [4.69, 9.17) is 23.0 Å². The zero-order chi connectivity index (χ0) is 24.7. The number of aromatic amines is 1. The van der Waals surface area contributed by atoms with Crippen LogP contribution in [0.5, 0.6) is 0 Å². The summed E-state index contributed by atoms with van der Waals surface area (Å²) in [5.74, 6) is -0.576. The molecule has 184 valence electrons. The number of hydrogen-bond acceptors (Lipinski definition) is 9. The van der Waals surface area contributed by atoms with Crippen LogP contribution >= 0.6 is 7.82 Å². The number of phosphoric ester groups is 1. The van der Waals surface area contributed by atoms with Crippen molar-refractivity contribution in [3.63, 3.8) is 0 Å². The van der Waals surface area contributed by atoms with Gasteiger partial charge in [0.1, 0.15) is 12.2 Å². The Morgan fingerprint density at radius 2 is 2.06 bits per heavy atom. The van der Waals surface area contributed by atoms with Gasteiger partial charge in [-0.3, -0.25) is 27.9 Å². The predicted octanol–water partition coefficient (Wildman–Crippen LogP) is 2.47. The van der Waals surface area contributed by atoms with E-state index in [0.717, 1.165) is 23.8 Å². The van der Waals surface area contributed by atoms with Crippen molar-refractivity contribution >= 4 is 13.8 Å². The number of H-pyrrole nitrogens is 1. The van der Waals surface area contributed by atoms with Gasteiger partial charge in [0.05, 0.1) is 24.9 Å². The van der Waals surface area contributed by atoms with Crippen molar-refractivity contribution in [3.8, 4) is 0 Å². The third-order valence-electron chi connectivity index (χ3n) is 5.38. The molecule has 2 aromatic rings. The molecule has 1 aromatic heterocycles. The maximum atomic E-state index is 15.8. The number of esters is 1. The molecule has 1 N–H and O–H groups in total. The Morgan fingerprint density at radius 1 is 1.32 bits per heavy atom. The van der Waals surface area contributed by atoms with E-state index < -0.39 is 49.1 Å². The summed E-state index contributed by atoms with van der Waals surface area (Å²) in [5, 5.41) is 0. The Morgan fingerprint density at radius 3 is 2.76 bits per heavy atom. The van der Waals surface area contributed by atoms with Crippen LogP contribution in [-0.2, 0) is 34.2 Å². The number of nitrogens with zero attached hydrogens (tertiary/aromatic N) is 1. The molecule has 2 saturated heterocycles. The number of phosphoric acid groups is 1. The summed E-state index contributed by atoms with van der Waals surface area (Å²) in [7, 11) is -4.26. The van der Waals surface area contributed by atoms with E-state index in [9.17, 15) is 18.9 Å². The van der Waals surface area contributed by atoms with Gasteiger partial charge in [0.2, 0.25) is 0 Å². The van der Waals surface area contributed by atoms with E-state index >= 15 is 4.39 Å². The first-order valence-electron chi connectivity index (χ1n) is 10.5. The number of alkyl halides is 1. The van der Waals surface area contributed by atoms with Crippen LogP contribution < -0.4 is 11.2 Å². The fourth-order valence-electron chi connectivity index (χ4n) is 3.79. The van der Waals surface area contributed by atoms with Gasteiger partial charge in [0, 0.05) is 12.3 Å². The predicted molar refractivity (Wildman–Crippen MR) is 115 cm³/mol. The van der Waals surface area contributed by atoms with Crippen LogP contribution in [0.2, 0.25) is 0 Å². The minimum Gasteiger partial charge on any atom is -0.459 e. The molecule has 0 aliphatic carbocycles. The van der Waals surface area contributed by atoms with E-state index in [1.807, 2.05) is 4.98 Å². The number of benzene rings is 1. The number of carbonyl (C=O) groups is 1. The molecule has 3 heterocycles.